The lowest BCUT2D eigenvalue weighted by molar-refractivity contribution is -0.131. The first kappa shape index (κ1) is 24.7. The number of hydrogen-bond donors (Lipinski definition) is 1. The predicted molar refractivity (Wildman–Crippen MR) is 135 cm³/mol. The van der Waals surface area contributed by atoms with Crippen LogP contribution in [-0.4, -0.2) is 28.4 Å². The normalized spacial score (nSPS) is 11.3. The fraction of sp³-hybridized carbons (Fsp3) is 0.0800. The maximum atomic E-state index is 11.9. The highest BCUT2D eigenvalue weighted by atomic mass is 35.5. The van der Waals surface area contributed by atoms with Gasteiger partial charge < -0.3 is 19.0 Å². The van der Waals surface area contributed by atoms with E-state index in [9.17, 15) is 9.90 Å². The molecule has 0 saturated heterocycles. The third kappa shape index (κ3) is 6.36. The van der Waals surface area contributed by atoms with Crippen LogP contribution in [0.25, 0.3) is 17.5 Å². The van der Waals surface area contributed by atoms with Crippen LogP contribution >= 0.6 is 35.0 Å². The number of nitrogens with zero attached hydrogens (tertiary/aromatic N) is 2. The van der Waals surface area contributed by atoms with Gasteiger partial charge in [0.1, 0.15) is 23.0 Å². The minimum Gasteiger partial charge on any atom is -0.496 e. The molecule has 0 spiro atoms. The van der Waals surface area contributed by atoms with Gasteiger partial charge in [-0.3, -0.25) is 0 Å². The summed E-state index contributed by atoms with van der Waals surface area (Å²) in [5, 5.41) is 18.8. The molecule has 1 N–H and O–H groups in total. The van der Waals surface area contributed by atoms with Gasteiger partial charge in [0.15, 0.2) is 0 Å². The molecule has 178 valence electrons. The van der Waals surface area contributed by atoms with Crippen molar-refractivity contribution in [1.29, 1.82) is 0 Å². The van der Waals surface area contributed by atoms with Crippen molar-refractivity contribution in [2.24, 2.45) is 0 Å². The summed E-state index contributed by atoms with van der Waals surface area (Å²) in [6, 6.07) is 19.4. The zero-order valence-electron chi connectivity index (χ0n) is 18.3. The Bertz CT molecular complexity index is 1390. The number of benzene rings is 3. The lowest BCUT2D eigenvalue weighted by Gasteiger charge is -2.08. The molecule has 7 nitrogen and oxygen atoms in total. The molecule has 4 rings (SSSR count). The molecule has 0 unspecified atom stereocenters. The van der Waals surface area contributed by atoms with Crippen molar-refractivity contribution in [3.63, 3.8) is 0 Å². The second kappa shape index (κ2) is 11.3. The van der Waals surface area contributed by atoms with Crippen LogP contribution in [0.2, 0.25) is 10.0 Å². The molecule has 0 aliphatic carbocycles. The first-order valence-corrected chi connectivity index (χ1v) is 11.8. The maximum Gasteiger partial charge on any atom is 0.342 e. The number of rotatable bonds is 9. The molecule has 0 aliphatic rings. The summed E-state index contributed by atoms with van der Waals surface area (Å²) in [6.07, 6.45) is 1.50. The van der Waals surface area contributed by atoms with E-state index in [4.69, 9.17) is 37.1 Å². The molecule has 0 bridgehead atoms. The van der Waals surface area contributed by atoms with Gasteiger partial charge in [0.05, 0.1) is 12.7 Å². The quantitative estimate of drug-likeness (QED) is 0.186. The van der Waals surface area contributed by atoms with Crippen molar-refractivity contribution in [1.82, 2.24) is 10.2 Å². The number of methoxy groups -OCH3 is 1. The number of thioether (sulfide) groups is 1. The minimum atomic E-state index is -1.14. The molecule has 0 fully saturated rings. The van der Waals surface area contributed by atoms with E-state index < -0.39 is 5.97 Å². The van der Waals surface area contributed by atoms with Crippen LogP contribution in [0, 0.1) is 0 Å². The summed E-state index contributed by atoms with van der Waals surface area (Å²) >= 11 is 13.1. The average Bonchev–Trinajstić information content (AvgIpc) is 3.32. The van der Waals surface area contributed by atoms with E-state index in [1.54, 1.807) is 48.5 Å². The highest BCUT2D eigenvalue weighted by molar-refractivity contribution is 8.03. The highest BCUT2D eigenvalue weighted by Gasteiger charge is 2.18. The molecular formula is C25H18Cl2N2O5S. The van der Waals surface area contributed by atoms with E-state index in [-0.39, 0.29) is 22.6 Å². The Morgan fingerprint density at radius 2 is 1.91 bits per heavy atom. The van der Waals surface area contributed by atoms with Gasteiger partial charge in [-0.25, -0.2) is 4.79 Å². The Labute approximate surface area is 215 Å². The number of carbonyl (C=O) groups is 1. The summed E-state index contributed by atoms with van der Waals surface area (Å²) < 4.78 is 16.8. The molecule has 4 aromatic rings. The average molecular weight is 529 g/mol. The molecule has 10 heteroatoms. The lowest BCUT2D eigenvalue weighted by Crippen LogP contribution is -1.98. The Hall–Kier alpha value is -3.46. The van der Waals surface area contributed by atoms with Crippen molar-refractivity contribution in [2.45, 2.75) is 11.8 Å². The predicted octanol–water partition coefficient (Wildman–Crippen LogP) is 6.85. The van der Waals surface area contributed by atoms with E-state index in [0.29, 0.717) is 32.7 Å². The van der Waals surface area contributed by atoms with Gasteiger partial charge in [0, 0.05) is 15.6 Å². The number of carboxylic acids is 1. The van der Waals surface area contributed by atoms with Gasteiger partial charge >= 0.3 is 5.97 Å². The van der Waals surface area contributed by atoms with Crippen molar-refractivity contribution >= 4 is 47.0 Å². The highest BCUT2D eigenvalue weighted by Crippen LogP contribution is 2.35. The largest absolute Gasteiger partial charge is 0.496 e. The van der Waals surface area contributed by atoms with E-state index in [0.717, 1.165) is 17.3 Å². The van der Waals surface area contributed by atoms with E-state index >= 15 is 0 Å². The van der Waals surface area contributed by atoms with Crippen molar-refractivity contribution in [3.05, 3.63) is 92.8 Å². The Morgan fingerprint density at radius 1 is 1.09 bits per heavy atom. The van der Waals surface area contributed by atoms with Crippen LogP contribution in [0.4, 0.5) is 0 Å². The number of hydrogen-bond acceptors (Lipinski definition) is 7. The molecule has 0 aliphatic heterocycles. The lowest BCUT2D eigenvalue weighted by atomic mass is 10.2. The maximum absolute atomic E-state index is 11.9. The van der Waals surface area contributed by atoms with Crippen molar-refractivity contribution in [2.75, 3.05) is 7.11 Å². The SMILES string of the molecule is COc1ccc(Cl)cc1-c1nnc(S/C(=C\c2cccc(OCc3ccccc3Cl)c2)C(=O)O)o1. The van der Waals surface area contributed by atoms with Crippen LogP contribution in [0.5, 0.6) is 11.5 Å². The van der Waals surface area contributed by atoms with E-state index in [1.807, 2.05) is 18.2 Å². The summed E-state index contributed by atoms with van der Waals surface area (Å²) in [5.41, 5.74) is 1.98. The molecule has 0 saturated carbocycles. The Morgan fingerprint density at radius 3 is 2.69 bits per heavy atom. The molecule has 1 aromatic heterocycles. The van der Waals surface area contributed by atoms with Crippen LogP contribution in [0.15, 0.2) is 81.3 Å². The van der Waals surface area contributed by atoms with Gasteiger partial charge in [-0.1, -0.05) is 53.5 Å². The van der Waals surface area contributed by atoms with Crippen LogP contribution in [0.1, 0.15) is 11.1 Å². The second-order valence-electron chi connectivity index (χ2n) is 7.09. The molecular weight excluding hydrogens is 511 g/mol. The summed E-state index contributed by atoms with van der Waals surface area (Å²) in [6.45, 7) is 0.283. The molecule has 3 aromatic carbocycles. The molecule has 0 amide bonds. The third-order valence-electron chi connectivity index (χ3n) is 4.71. The third-order valence-corrected chi connectivity index (χ3v) is 6.17. The standard InChI is InChI=1S/C25H18Cl2N2O5S/c1-32-21-10-9-17(26)13-19(21)23-28-29-25(34-23)35-22(24(30)31)12-15-5-4-7-18(11-15)33-14-16-6-2-3-8-20(16)27/h2-13H,14H2,1H3,(H,30,31)/b22-12-. The summed E-state index contributed by atoms with van der Waals surface area (Å²) in [5.74, 6) is 0.0859. The number of halogens is 2. The van der Waals surface area contributed by atoms with Crippen LogP contribution < -0.4 is 9.47 Å². The van der Waals surface area contributed by atoms with Crippen molar-refractivity contribution in [3.8, 4) is 23.0 Å². The van der Waals surface area contributed by atoms with Gasteiger partial charge in [-0.2, -0.15) is 0 Å². The molecule has 1 heterocycles. The number of aliphatic carboxylic acids is 1. The van der Waals surface area contributed by atoms with E-state index in [2.05, 4.69) is 10.2 Å². The fourth-order valence-corrected chi connectivity index (χ4v) is 4.09. The van der Waals surface area contributed by atoms with Gasteiger partial charge in [-0.05, 0) is 59.8 Å². The van der Waals surface area contributed by atoms with Crippen LogP contribution in [0.3, 0.4) is 0 Å². The first-order valence-electron chi connectivity index (χ1n) is 10.2. The summed E-state index contributed by atoms with van der Waals surface area (Å²) in [7, 11) is 1.51. The first-order chi connectivity index (χ1) is 16.9. The van der Waals surface area contributed by atoms with Gasteiger partial charge in [0.25, 0.3) is 11.1 Å². The van der Waals surface area contributed by atoms with Crippen LogP contribution in [-0.2, 0) is 11.4 Å². The number of ether oxygens (including phenoxy) is 2. The minimum absolute atomic E-state index is 0.0125. The van der Waals surface area contributed by atoms with Gasteiger partial charge in [0.2, 0.25) is 0 Å². The number of carboxylic acid groups (broad SMARTS) is 1. The number of aromatic nitrogens is 2. The zero-order valence-corrected chi connectivity index (χ0v) is 20.6. The van der Waals surface area contributed by atoms with Gasteiger partial charge in [-0.15, -0.1) is 10.2 Å². The molecule has 0 radical (unpaired) electrons. The second-order valence-corrected chi connectivity index (χ2v) is 8.92. The Kier molecular flexibility index (Phi) is 7.97. The monoisotopic (exact) mass is 528 g/mol. The zero-order chi connectivity index (χ0) is 24.8. The molecule has 35 heavy (non-hydrogen) atoms. The Balaban J connectivity index is 1.52. The topological polar surface area (TPSA) is 94.7 Å². The smallest absolute Gasteiger partial charge is 0.342 e. The molecule has 0 atom stereocenters. The van der Waals surface area contributed by atoms with Crippen molar-refractivity contribution < 1.29 is 23.8 Å². The fourth-order valence-electron chi connectivity index (χ4n) is 3.06. The van der Waals surface area contributed by atoms with E-state index in [1.165, 1.54) is 13.2 Å². The summed E-state index contributed by atoms with van der Waals surface area (Å²) in [4.78, 5) is 11.9.